The summed E-state index contributed by atoms with van der Waals surface area (Å²) in [5.41, 5.74) is 5.24. The molecule has 3 N–H and O–H groups in total. The Labute approximate surface area is 171 Å². The number of halogens is 2. The number of methoxy groups -OCH3 is 1. The number of anilines is 1. The highest BCUT2D eigenvalue weighted by Crippen LogP contribution is 2.48. The van der Waals surface area contributed by atoms with Crippen molar-refractivity contribution in [3.8, 4) is 5.75 Å². The number of nitrogens with two attached hydrogens (primary N) is 1. The van der Waals surface area contributed by atoms with Gasteiger partial charge in [0.25, 0.3) is 0 Å². The highest BCUT2D eigenvalue weighted by atomic mass is 19.1. The molecule has 0 radical (unpaired) electrons. The fraction of sp³-hybridized carbons (Fsp3) is 0.524. The number of carbonyl (C=O) groups is 1. The fourth-order valence-electron chi connectivity index (χ4n) is 5.29. The van der Waals surface area contributed by atoms with Gasteiger partial charge < -0.3 is 25.0 Å². The summed E-state index contributed by atoms with van der Waals surface area (Å²) in [6, 6.07) is 0.433. The van der Waals surface area contributed by atoms with Crippen molar-refractivity contribution in [3.05, 3.63) is 33.9 Å². The Morgan fingerprint density at radius 1 is 1.43 bits per heavy atom. The number of hydrogen-bond acceptors (Lipinski definition) is 5. The lowest BCUT2D eigenvalue weighted by atomic mass is 9.92. The highest BCUT2D eigenvalue weighted by Gasteiger charge is 2.48. The summed E-state index contributed by atoms with van der Waals surface area (Å²) in [5.74, 6) is -1.76. The molecule has 0 amide bonds. The molecule has 4 atom stereocenters. The standard InChI is InChI=1S/C21H23F2N3O4/c1-30-19-16-11(18(27)12(20(28)29)8-26(16)15-6-13(15)22)5-14(23)17(19)25-7-10-3-2-4-21(10,24)9-25/h5,8,10,13,15H,2-4,6-7,9,24H2,1H3,(H,28,29)/t10?,13-,15+,21?/m0/s1. The molecule has 5 rings (SSSR count). The smallest absolute Gasteiger partial charge is 0.341 e. The van der Waals surface area contributed by atoms with Gasteiger partial charge in [0.1, 0.15) is 17.4 Å². The van der Waals surface area contributed by atoms with Crippen LogP contribution in [0.4, 0.5) is 14.5 Å². The molecule has 30 heavy (non-hydrogen) atoms. The number of nitrogens with zero attached hydrogens (tertiary/aromatic N) is 2. The third kappa shape index (κ3) is 2.64. The molecule has 2 saturated carbocycles. The molecular formula is C21H23F2N3O4. The van der Waals surface area contributed by atoms with Gasteiger partial charge in [-0.25, -0.2) is 13.6 Å². The van der Waals surface area contributed by atoms with Gasteiger partial charge in [-0.15, -0.1) is 0 Å². The molecule has 9 heteroatoms. The SMILES string of the molecule is COc1c(N2CC3CCCC3(N)C2)c(F)cc2c(=O)c(C(=O)O)cn([C@@H]3C[C@@H]3F)c12. The molecule has 1 saturated heterocycles. The second kappa shape index (κ2) is 6.41. The van der Waals surface area contributed by atoms with Crippen molar-refractivity contribution in [2.75, 3.05) is 25.1 Å². The summed E-state index contributed by atoms with van der Waals surface area (Å²) in [6.07, 6.45) is 3.07. The largest absolute Gasteiger partial charge is 0.492 e. The minimum Gasteiger partial charge on any atom is -0.492 e. The predicted octanol–water partition coefficient (Wildman–Crippen LogP) is 2.45. The van der Waals surface area contributed by atoms with E-state index < -0.39 is 35.0 Å². The second-order valence-electron chi connectivity index (χ2n) is 8.74. The number of carboxylic acid groups (broad SMARTS) is 1. The lowest BCUT2D eigenvalue weighted by Crippen LogP contribution is -2.44. The van der Waals surface area contributed by atoms with Crippen LogP contribution in [0.5, 0.6) is 5.75 Å². The minimum atomic E-state index is -1.44. The Morgan fingerprint density at radius 2 is 2.17 bits per heavy atom. The lowest BCUT2D eigenvalue weighted by molar-refractivity contribution is 0.0694. The van der Waals surface area contributed by atoms with Gasteiger partial charge in [-0.05, 0) is 24.8 Å². The van der Waals surface area contributed by atoms with E-state index in [-0.39, 0.29) is 40.2 Å². The lowest BCUT2D eigenvalue weighted by Gasteiger charge is -2.27. The number of ether oxygens (including phenoxy) is 1. The molecule has 160 valence electrons. The zero-order valence-corrected chi connectivity index (χ0v) is 16.5. The molecule has 1 aromatic carbocycles. The Morgan fingerprint density at radius 3 is 2.77 bits per heavy atom. The van der Waals surface area contributed by atoms with E-state index in [1.807, 2.05) is 4.90 Å². The summed E-state index contributed by atoms with van der Waals surface area (Å²) in [4.78, 5) is 26.2. The molecule has 0 bridgehead atoms. The molecule has 2 heterocycles. The van der Waals surface area contributed by atoms with Crippen molar-refractivity contribution in [1.29, 1.82) is 0 Å². The number of rotatable bonds is 4. The van der Waals surface area contributed by atoms with Crippen molar-refractivity contribution < 1.29 is 23.4 Å². The number of aromatic nitrogens is 1. The first-order valence-electron chi connectivity index (χ1n) is 10.1. The van der Waals surface area contributed by atoms with Crippen molar-refractivity contribution in [2.45, 2.75) is 43.4 Å². The van der Waals surface area contributed by atoms with Gasteiger partial charge in [0, 0.05) is 31.2 Å². The van der Waals surface area contributed by atoms with Crippen LogP contribution in [0.3, 0.4) is 0 Å². The zero-order valence-electron chi connectivity index (χ0n) is 16.5. The maximum atomic E-state index is 15.3. The average molecular weight is 419 g/mol. The molecule has 3 fully saturated rings. The molecule has 3 aliphatic rings. The second-order valence-corrected chi connectivity index (χ2v) is 8.74. The normalized spacial score (nSPS) is 30.0. The van der Waals surface area contributed by atoms with Crippen LogP contribution in [0.15, 0.2) is 17.1 Å². The number of alkyl halides is 1. The number of fused-ring (bicyclic) bond motifs is 2. The van der Waals surface area contributed by atoms with E-state index in [2.05, 4.69) is 0 Å². The average Bonchev–Trinajstić information content (AvgIpc) is 3.16. The maximum Gasteiger partial charge on any atom is 0.341 e. The van der Waals surface area contributed by atoms with Crippen molar-refractivity contribution >= 4 is 22.6 Å². The summed E-state index contributed by atoms with van der Waals surface area (Å²) in [5, 5.41) is 9.28. The number of pyridine rings is 1. The van der Waals surface area contributed by atoms with Crippen LogP contribution in [0, 0.1) is 11.7 Å². The minimum absolute atomic E-state index is 0.113. The molecule has 2 aromatic rings. The zero-order chi connectivity index (χ0) is 21.4. The van der Waals surface area contributed by atoms with Gasteiger partial charge in [-0.3, -0.25) is 4.79 Å². The van der Waals surface area contributed by atoms with E-state index in [0.717, 1.165) is 31.5 Å². The molecule has 1 aliphatic heterocycles. The first-order chi connectivity index (χ1) is 14.2. The highest BCUT2D eigenvalue weighted by molar-refractivity contribution is 5.97. The molecule has 7 nitrogen and oxygen atoms in total. The van der Waals surface area contributed by atoms with Gasteiger partial charge in [-0.2, -0.15) is 0 Å². The topological polar surface area (TPSA) is 97.8 Å². The monoisotopic (exact) mass is 419 g/mol. The van der Waals surface area contributed by atoms with Crippen LogP contribution in [-0.2, 0) is 0 Å². The maximum absolute atomic E-state index is 15.3. The molecule has 1 aromatic heterocycles. The van der Waals surface area contributed by atoms with Gasteiger partial charge in [0.15, 0.2) is 11.6 Å². The molecule has 2 unspecified atom stereocenters. The van der Waals surface area contributed by atoms with Crippen LogP contribution in [0.1, 0.15) is 42.1 Å². The Bertz CT molecular complexity index is 1130. The molecular weight excluding hydrogens is 396 g/mol. The first-order valence-corrected chi connectivity index (χ1v) is 10.1. The summed E-state index contributed by atoms with van der Waals surface area (Å²) < 4.78 is 36.3. The molecule has 2 aliphatic carbocycles. The van der Waals surface area contributed by atoms with E-state index in [4.69, 9.17) is 10.5 Å². The third-order valence-electron chi connectivity index (χ3n) is 6.92. The van der Waals surface area contributed by atoms with E-state index in [1.54, 1.807) is 0 Å². The van der Waals surface area contributed by atoms with Gasteiger partial charge >= 0.3 is 5.97 Å². The van der Waals surface area contributed by atoms with Crippen LogP contribution in [0.2, 0.25) is 0 Å². The van der Waals surface area contributed by atoms with Crippen LogP contribution in [-0.4, -0.2) is 47.6 Å². The van der Waals surface area contributed by atoms with Gasteiger partial charge in [-0.1, -0.05) is 6.42 Å². The quantitative estimate of drug-likeness (QED) is 0.790. The number of benzene rings is 1. The molecule has 0 spiro atoms. The van der Waals surface area contributed by atoms with Gasteiger partial charge in [0.2, 0.25) is 5.43 Å². The van der Waals surface area contributed by atoms with Crippen molar-refractivity contribution in [3.63, 3.8) is 0 Å². The fourth-order valence-corrected chi connectivity index (χ4v) is 5.29. The van der Waals surface area contributed by atoms with Crippen LogP contribution >= 0.6 is 0 Å². The number of carboxylic acids is 1. The van der Waals surface area contributed by atoms with Gasteiger partial charge in [0.05, 0.1) is 24.1 Å². The van der Waals surface area contributed by atoms with Crippen molar-refractivity contribution in [2.24, 2.45) is 11.7 Å². The first kappa shape index (κ1) is 19.3. The Hall–Kier alpha value is -2.68. The third-order valence-corrected chi connectivity index (χ3v) is 6.92. The van der Waals surface area contributed by atoms with E-state index in [1.165, 1.54) is 11.7 Å². The summed E-state index contributed by atoms with van der Waals surface area (Å²) in [7, 11) is 1.37. The number of hydrogen-bond donors (Lipinski definition) is 2. The number of aromatic carboxylic acids is 1. The summed E-state index contributed by atoms with van der Waals surface area (Å²) >= 11 is 0. The van der Waals surface area contributed by atoms with Crippen LogP contribution in [0.25, 0.3) is 10.9 Å². The van der Waals surface area contributed by atoms with E-state index in [0.29, 0.717) is 13.1 Å². The van der Waals surface area contributed by atoms with Crippen molar-refractivity contribution in [1.82, 2.24) is 4.57 Å². The Kier molecular flexibility index (Phi) is 4.12. The van der Waals surface area contributed by atoms with Crippen LogP contribution < -0.4 is 20.8 Å². The van der Waals surface area contributed by atoms with E-state index in [9.17, 15) is 19.1 Å². The Balaban J connectivity index is 1.76. The predicted molar refractivity (Wildman–Crippen MR) is 107 cm³/mol. The summed E-state index contributed by atoms with van der Waals surface area (Å²) in [6.45, 7) is 1.03. The van der Waals surface area contributed by atoms with E-state index >= 15 is 4.39 Å².